The summed E-state index contributed by atoms with van der Waals surface area (Å²) < 4.78 is 7.53. The van der Waals surface area contributed by atoms with Crippen LogP contribution in [0.15, 0.2) is 79.0 Å². The van der Waals surface area contributed by atoms with Crippen molar-refractivity contribution in [2.45, 2.75) is 19.6 Å². The Morgan fingerprint density at radius 2 is 1.57 bits per heavy atom. The number of para-hydroxylation sites is 1. The van der Waals surface area contributed by atoms with E-state index in [1.807, 2.05) is 24.3 Å². The molecular weight excluding hydrogens is 368 g/mol. The fraction of sp³-hybridized carbons (Fsp3) is 0.167. The Morgan fingerprint density at radius 3 is 2.32 bits per heavy atom. The molecule has 0 aliphatic carbocycles. The van der Waals surface area contributed by atoms with Crippen molar-refractivity contribution in [3.63, 3.8) is 0 Å². The van der Waals surface area contributed by atoms with Gasteiger partial charge in [0.2, 0.25) is 0 Å². The Kier molecular flexibility index (Phi) is 5.65. The first-order chi connectivity index (χ1) is 13.7. The Labute approximate surface area is 170 Å². The third kappa shape index (κ3) is 4.22. The molecule has 1 aromatic heterocycles. The molecule has 4 heteroatoms. The Hall–Kier alpha value is -2.75. The van der Waals surface area contributed by atoms with Crippen molar-refractivity contribution in [3.05, 3.63) is 101 Å². The standard InChI is InChI=1S/C24H23ClN2O/c1-28-22-12-8-18(9-13-22)14-26-15-20-17-27(24-5-3-2-4-23(20)24)16-19-6-10-21(25)11-7-19/h2-13,17,26H,14-16H2,1H3. The summed E-state index contributed by atoms with van der Waals surface area (Å²) in [6.45, 7) is 2.47. The fourth-order valence-corrected chi connectivity index (χ4v) is 3.59. The number of aromatic nitrogens is 1. The predicted molar refractivity (Wildman–Crippen MR) is 116 cm³/mol. The molecule has 142 valence electrons. The lowest BCUT2D eigenvalue weighted by molar-refractivity contribution is 0.414. The van der Waals surface area contributed by atoms with Crippen molar-refractivity contribution in [2.75, 3.05) is 7.11 Å². The van der Waals surface area contributed by atoms with Crippen LogP contribution in [-0.4, -0.2) is 11.7 Å². The van der Waals surface area contributed by atoms with Crippen LogP contribution in [0.1, 0.15) is 16.7 Å². The van der Waals surface area contributed by atoms with Gasteiger partial charge in [0.1, 0.15) is 5.75 Å². The molecule has 0 amide bonds. The number of hydrogen-bond acceptors (Lipinski definition) is 2. The highest BCUT2D eigenvalue weighted by Gasteiger charge is 2.08. The third-order valence-electron chi connectivity index (χ3n) is 4.94. The number of ether oxygens (including phenoxy) is 1. The summed E-state index contributed by atoms with van der Waals surface area (Å²) in [7, 11) is 1.69. The molecule has 28 heavy (non-hydrogen) atoms. The van der Waals surface area contributed by atoms with Crippen molar-refractivity contribution in [2.24, 2.45) is 0 Å². The van der Waals surface area contributed by atoms with E-state index in [1.54, 1.807) is 7.11 Å². The lowest BCUT2D eigenvalue weighted by atomic mass is 10.1. The van der Waals surface area contributed by atoms with E-state index in [0.717, 1.165) is 30.4 Å². The maximum Gasteiger partial charge on any atom is 0.118 e. The van der Waals surface area contributed by atoms with Crippen molar-refractivity contribution < 1.29 is 4.74 Å². The van der Waals surface area contributed by atoms with Gasteiger partial charge in [0.15, 0.2) is 0 Å². The summed E-state index contributed by atoms with van der Waals surface area (Å²) in [6.07, 6.45) is 2.25. The highest BCUT2D eigenvalue weighted by Crippen LogP contribution is 2.23. The van der Waals surface area contributed by atoms with Gasteiger partial charge in [-0.15, -0.1) is 0 Å². The first-order valence-electron chi connectivity index (χ1n) is 9.38. The van der Waals surface area contributed by atoms with Gasteiger partial charge in [-0.3, -0.25) is 0 Å². The van der Waals surface area contributed by atoms with Crippen molar-refractivity contribution >= 4 is 22.5 Å². The Bertz CT molecular complexity index is 1050. The van der Waals surface area contributed by atoms with Crippen LogP contribution in [-0.2, 0) is 19.6 Å². The zero-order valence-electron chi connectivity index (χ0n) is 15.9. The maximum absolute atomic E-state index is 6.02. The number of benzene rings is 3. The van der Waals surface area contributed by atoms with Crippen LogP contribution in [0.4, 0.5) is 0 Å². The normalized spacial score (nSPS) is 11.1. The van der Waals surface area contributed by atoms with E-state index in [0.29, 0.717) is 0 Å². The van der Waals surface area contributed by atoms with Gasteiger partial charge in [-0.2, -0.15) is 0 Å². The molecule has 4 rings (SSSR count). The van der Waals surface area contributed by atoms with Gasteiger partial charge in [-0.1, -0.05) is 54.1 Å². The number of methoxy groups -OCH3 is 1. The van der Waals surface area contributed by atoms with Crippen LogP contribution in [0.25, 0.3) is 10.9 Å². The summed E-state index contributed by atoms with van der Waals surface area (Å²) in [5, 5.41) is 5.62. The minimum absolute atomic E-state index is 0.768. The summed E-state index contributed by atoms with van der Waals surface area (Å²) in [5.41, 5.74) is 5.03. The molecule has 4 aromatic rings. The molecule has 0 unspecified atom stereocenters. The van der Waals surface area contributed by atoms with Crippen molar-refractivity contribution in [1.29, 1.82) is 0 Å². The molecule has 0 bridgehead atoms. The molecule has 0 saturated carbocycles. The molecule has 0 fully saturated rings. The van der Waals surface area contributed by atoms with Gasteiger partial charge < -0.3 is 14.6 Å². The van der Waals surface area contributed by atoms with E-state index < -0.39 is 0 Å². The van der Waals surface area contributed by atoms with E-state index >= 15 is 0 Å². The first-order valence-corrected chi connectivity index (χ1v) is 9.75. The van der Waals surface area contributed by atoms with E-state index in [9.17, 15) is 0 Å². The fourth-order valence-electron chi connectivity index (χ4n) is 3.47. The summed E-state index contributed by atoms with van der Waals surface area (Å²) in [5.74, 6) is 0.883. The quantitative estimate of drug-likeness (QED) is 0.442. The van der Waals surface area contributed by atoms with Gasteiger partial charge in [0.05, 0.1) is 7.11 Å². The Morgan fingerprint density at radius 1 is 0.857 bits per heavy atom. The van der Waals surface area contributed by atoms with E-state index in [4.69, 9.17) is 16.3 Å². The number of nitrogens with one attached hydrogen (secondary N) is 1. The molecular formula is C24H23ClN2O. The van der Waals surface area contributed by atoms with Crippen molar-refractivity contribution in [3.8, 4) is 5.75 Å². The van der Waals surface area contributed by atoms with Crippen LogP contribution < -0.4 is 10.1 Å². The monoisotopic (exact) mass is 390 g/mol. The molecule has 0 atom stereocenters. The number of fused-ring (bicyclic) bond motifs is 1. The number of hydrogen-bond donors (Lipinski definition) is 1. The van der Waals surface area contributed by atoms with E-state index in [1.165, 1.54) is 27.6 Å². The van der Waals surface area contributed by atoms with Crippen LogP contribution in [0.2, 0.25) is 5.02 Å². The zero-order chi connectivity index (χ0) is 19.3. The SMILES string of the molecule is COc1ccc(CNCc2cn(Cc3ccc(Cl)cc3)c3ccccc23)cc1. The van der Waals surface area contributed by atoms with Crippen molar-refractivity contribution in [1.82, 2.24) is 9.88 Å². The molecule has 3 nitrogen and oxygen atoms in total. The van der Waals surface area contributed by atoms with E-state index in [2.05, 4.69) is 64.6 Å². The van der Waals surface area contributed by atoms with Crippen LogP contribution >= 0.6 is 11.6 Å². The minimum Gasteiger partial charge on any atom is -0.497 e. The number of rotatable bonds is 7. The van der Waals surface area contributed by atoms with Gasteiger partial charge in [0, 0.05) is 41.8 Å². The molecule has 1 heterocycles. The lowest BCUT2D eigenvalue weighted by Crippen LogP contribution is -2.12. The molecule has 0 saturated heterocycles. The average molecular weight is 391 g/mol. The smallest absolute Gasteiger partial charge is 0.118 e. The van der Waals surface area contributed by atoms with E-state index in [-0.39, 0.29) is 0 Å². The van der Waals surface area contributed by atoms with Gasteiger partial charge in [0.25, 0.3) is 0 Å². The first kappa shape index (κ1) is 18.6. The second kappa shape index (κ2) is 8.51. The molecule has 1 N–H and O–H groups in total. The minimum atomic E-state index is 0.768. The van der Waals surface area contributed by atoms with Gasteiger partial charge >= 0.3 is 0 Å². The largest absolute Gasteiger partial charge is 0.497 e. The highest BCUT2D eigenvalue weighted by molar-refractivity contribution is 6.30. The maximum atomic E-state index is 6.02. The lowest BCUT2D eigenvalue weighted by Gasteiger charge is -2.06. The molecule has 0 aliphatic rings. The Balaban J connectivity index is 1.49. The summed E-state index contributed by atoms with van der Waals surface area (Å²) in [6, 6.07) is 24.8. The van der Waals surface area contributed by atoms with Gasteiger partial charge in [-0.25, -0.2) is 0 Å². The molecule has 0 aliphatic heterocycles. The number of halogens is 1. The summed E-state index contributed by atoms with van der Waals surface area (Å²) >= 11 is 6.02. The second-order valence-corrected chi connectivity index (χ2v) is 7.31. The third-order valence-corrected chi connectivity index (χ3v) is 5.19. The van der Waals surface area contributed by atoms with Crippen LogP contribution in [0.5, 0.6) is 5.75 Å². The highest BCUT2D eigenvalue weighted by atomic mass is 35.5. The van der Waals surface area contributed by atoms with Crippen LogP contribution in [0.3, 0.4) is 0 Å². The van der Waals surface area contributed by atoms with Gasteiger partial charge in [-0.05, 0) is 47.0 Å². The predicted octanol–water partition coefficient (Wildman–Crippen LogP) is 5.64. The molecule has 0 radical (unpaired) electrons. The molecule has 3 aromatic carbocycles. The summed E-state index contributed by atoms with van der Waals surface area (Å²) in [4.78, 5) is 0. The average Bonchev–Trinajstić information content (AvgIpc) is 3.08. The topological polar surface area (TPSA) is 26.2 Å². The second-order valence-electron chi connectivity index (χ2n) is 6.88. The van der Waals surface area contributed by atoms with Crippen LogP contribution in [0, 0.1) is 0 Å². The zero-order valence-corrected chi connectivity index (χ0v) is 16.6. The molecule has 0 spiro atoms. The number of nitrogens with zero attached hydrogens (tertiary/aromatic N) is 1.